The minimum Gasteiger partial charge on any atom is -0.384 e. The van der Waals surface area contributed by atoms with Gasteiger partial charge in [-0.2, -0.15) is 4.98 Å². The van der Waals surface area contributed by atoms with Gasteiger partial charge in [-0.1, -0.05) is 0 Å². The summed E-state index contributed by atoms with van der Waals surface area (Å²) in [5.74, 6) is 1.19. The highest BCUT2D eigenvalue weighted by molar-refractivity contribution is 5.40. The van der Waals surface area contributed by atoms with E-state index in [0.717, 1.165) is 13.1 Å². The maximum Gasteiger partial charge on any atom is 0.227 e. The number of nitrogens with two attached hydrogens (primary N) is 1. The fraction of sp³-hybridized carbons (Fsp3) is 0.500. The minimum atomic E-state index is 0.310. The Labute approximate surface area is 76.5 Å². The summed E-state index contributed by atoms with van der Waals surface area (Å²) < 4.78 is 5.14. The zero-order valence-corrected chi connectivity index (χ0v) is 7.47. The normalized spacial score (nSPS) is 17.2. The maximum absolute atomic E-state index is 5.53. The predicted molar refractivity (Wildman–Crippen MR) is 49.5 cm³/mol. The Morgan fingerprint density at radius 1 is 1.62 bits per heavy atom. The second kappa shape index (κ2) is 3.18. The number of hydrogen-bond acceptors (Lipinski definition) is 5. The van der Waals surface area contributed by atoms with Crippen LogP contribution in [0.2, 0.25) is 0 Å². The van der Waals surface area contributed by atoms with Gasteiger partial charge in [-0.05, 0) is 6.07 Å². The molecule has 1 saturated heterocycles. The van der Waals surface area contributed by atoms with E-state index in [1.54, 1.807) is 19.4 Å². The average molecular weight is 180 g/mol. The Hall–Kier alpha value is -1.36. The highest BCUT2D eigenvalue weighted by Crippen LogP contribution is 2.17. The van der Waals surface area contributed by atoms with Gasteiger partial charge in [0.1, 0.15) is 5.82 Å². The van der Waals surface area contributed by atoms with Crippen LogP contribution in [0.1, 0.15) is 0 Å². The van der Waals surface area contributed by atoms with Crippen LogP contribution in [0.15, 0.2) is 12.3 Å². The number of aromatic nitrogens is 2. The molecule has 0 spiro atoms. The molecule has 13 heavy (non-hydrogen) atoms. The molecule has 5 heteroatoms. The van der Waals surface area contributed by atoms with Crippen molar-refractivity contribution in [2.75, 3.05) is 30.8 Å². The number of nitrogens with zero attached hydrogens (tertiary/aromatic N) is 3. The van der Waals surface area contributed by atoms with E-state index in [9.17, 15) is 0 Å². The van der Waals surface area contributed by atoms with E-state index in [4.69, 9.17) is 10.5 Å². The molecular formula is C8H12N4O. The van der Waals surface area contributed by atoms with E-state index in [1.165, 1.54) is 0 Å². The van der Waals surface area contributed by atoms with Crippen molar-refractivity contribution < 1.29 is 4.74 Å². The van der Waals surface area contributed by atoms with Crippen LogP contribution in [0, 0.1) is 0 Å². The first-order chi connectivity index (χ1) is 6.29. The third kappa shape index (κ3) is 1.55. The molecule has 2 rings (SSSR count). The summed E-state index contributed by atoms with van der Waals surface area (Å²) in [4.78, 5) is 10.2. The van der Waals surface area contributed by atoms with Crippen molar-refractivity contribution in [3.05, 3.63) is 12.3 Å². The molecule has 0 saturated carbocycles. The molecule has 0 radical (unpaired) electrons. The van der Waals surface area contributed by atoms with Crippen LogP contribution in [0.25, 0.3) is 0 Å². The number of hydrogen-bond donors (Lipinski definition) is 1. The molecule has 0 bridgehead atoms. The van der Waals surface area contributed by atoms with Crippen molar-refractivity contribution >= 4 is 11.8 Å². The number of methoxy groups -OCH3 is 1. The second-order valence-electron chi connectivity index (χ2n) is 3.04. The van der Waals surface area contributed by atoms with Gasteiger partial charge in [0.2, 0.25) is 5.95 Å². The first-order valence-electron chi connectivity index (χ1n) is 4.16. The van der Waals surface area contributed by atoms with Crippen LogP contribution in [0.4, 0.5) is 11.8 Å². The van der Waals surface area contributed by atoms with Crippen molar-refractivity contribution in [1.82, 2.24) is 9.97 Å². The quantitative estimate of drug-likeness (QED) is 0.688. The summed E-state index contributed by atoms with van der Waals surface area (Å²) in [5, 5.41) is 0. The van der Waals surface area contributed by atoms with E-state index in [0.29, 0.717) is 17.9 Å². The molecule has 0 aliphatic carbocycles. The summed E-state index contributed by atoms with van der Waals surface area (Å²) in [6.07, 6.45) is 1.97. The minimum absolute atomic E-state index is 0.310. The molecule has 0 amide bonds. The van der Waals surface area contributed by atoms with Crippen LogP contribution in [-0.4, -0.2) is 36.3 Å². The van der Waals surface area contributed by atoms with Gasteiger partial charge in [0, 0.05) is 26.4 Å². The summed E-state index contributed by atoms with van der Waals surface area (Å²) in [6, 6.07) is 1.68. The molecular weight excluding hydrogens is 168 g/mol. The lowest BCUT2D eigenvalue weighted by Crippen LogP contribution is -2.52. The molecule has 1 aliphatic rings. The van der Waals surface area contributed by atoms with E-state index in [1.807, 2.05) is 4.90 Å². The van der Waals surface area contributed by atoms with Crippen LogP contribution in [-0.2, 0) is 4.74 Å². The molecule has 0 atom stereocenters. The van der Waals surface area contributed by atoms with E-state index >= 15 is 0 Å². The van der Waals surface area contributed by atoms with Gasteiger partial charge in [0.15, 0.2) is 0 Å². The average Bonchev–Trinajstić information content (AvgIpc) is 2.02. The summed E-state index contributed by atoms with van der Waals surface area (Å²) in [5.41, 5.74) is 5.53. The lowest BCUT2D eigenvalue weighted by atomic mass is 10.2. The Morgan fingerprint density at radius 2 is 2.38 bits per heavy atom. The number of nitrogen functional groups attached to an aromatic ring is 1. The van der Waals surface area contributed by atoms with Gasteiger partial charge in [-0.25, -0.2) is 4.98 Å². The van der Waals surface area contributed by atoms with Crippen LogP contribution in [0.3, 0.4) is 0 Å². The predicted octanol–water partition coefficient (Wildman–Crippen LogP) is -0.106. The van der Waals surface area contributed by atoms with E-state index in [-0.39, 0.29) is 0 Å². The first-order valence-corrected chi connectivity index (χ1v) is 4.16. The van der Waals surface area contributed by atoms with Gasteiger partial charge in [-0.15, -0.1) is 0 Å². The summed E-state index contributed by atoms with van der Waals surface area (Å²) in [7, 11) is 1.71. The molecule has 0 aromatic carbocycles. The lowest BCUT2D eigenvalue weighted by molar-refractivity contribution is 0.0778. The van der Waals surface area contributed by atoms with Gasteiger partial charge in [0.05, 0.1) is 6.10 Å². The third-order valence-corrected chi connectivity index (χ3v) is 2.13. The van der Waals surface area contributed by atoms with Crippen LogP contribution < -0.4 is 10.6 Å². The highest BCUT2D eigenvalue weighted by atomic mass is 16.5. The van der Waals surface area contributed by atoms with Gasteiger partial charge >= 0.3 is 0 Å². The molecule has 1 aromatic rings. The van der Waals surface area contributed by atoms with E-state index in [2.05, 4.69) is 9.97 Å². The van der Waals surface area contributed by atoms with Gasteiger partial charge in [0.25, 0.3) is 0 Å². The van der Waals surface area contributed by atoms with Crippen molar-refractivity contribution in [3.8, 4) is 0 Å². The van der Waals surface area contributed by atoms with Gasteiger partial charge < -0.3 is 15.4 Å². The summed E-state index contributed by atoms with van der Waals surface area (Å²) >= 11 is 0. The Bertz CT molecular complexity index is 298. The van der Waals surface area contributed by atoms with E-state index < -0.39 is 0 Å². The molecule has 5 nitrogen and oxygen atoms in total. The SMILES string of the molecule is COC1CN(c2nccc(N)n2)C1. The molecule has 2 heterocycles. The number of rotatable bonds is 2. The lowest BCUT2D eigenvalue weighted by Gasteiger charge is -2.37. The largest absolute Gasteiger partial charge is 0.384 e. The van der Waals surface area contributed by atoms with Crippen LogP contribution in [0.5, 0.6) is 0 Å². The monoisotopic (exact) mass is 180 g/mol. The first kappa shape index (κ1) is 8.25. The molecule has 1 fully saturated rings. The Balaban J connectivity index is 2.03. The second-order valence-corrected chi connectivity index (χ2v) is 3.04. The molecule has 2 N–H and O–H groups in total. The maximum atomic E-state index is 5.53. The van der Waals surface area contributed by atoms with Crippen molar-refractivity contribution in [3.63, 3.8) is 0 Å². The molecule has 1 aliphatic heterocycles. The number of anilines is 2. The smallest absolute Gasteiger partial charge is 0.227 e. The topological polar surface area (TPSA) is 64.3 Å². The Morgan fingerprint density at radius 3 is 3.00 bits per heavy atom. The third-order valence-electron chi connectivity index (χ3n) is 2.13. The zero-order chi connectivity index (χ0) is 9.26. The standard InChI is InChI=1S/C8H12N4O/c1-13-6-4-12(5-6)8-10-3-2-7(9)11-8/h2-3,6H,4-5H2,1H3,(H2,9,10,11). The van der Waals surface area contributed by atoms with Gasteiger partial charge in [-0.3, -0.25) is 0 Å². The molecule has 70 valence electrons. The zero-order valence-electron chi connectivity index (χ0n) is 7.47. The van der Waals surface area contributed by atoms with Crippen molar-refractivity contribution in [2.45, 2.75) is 6.10 Å². The number of ether oxygens (including phenoxy) is 1. The van der Waals surface area contributed by atoms with Crippen molar-refractivity contribution in [1.29, 1.82) is 0 Å². The van der Waals surface area contributed by atoms with Crippen LogP contribution >= 0.6 is 0 Å². The highest BCUT2D eigenvalue weighted by Gasteiger charge is 2.28. The fourth-order valence-electron chi connectivity index (χ4n) is 1.26. The Kier molecular flexibility index (Phi) is 2.02. The molecule has 0 unspecified atom stereocenters. The fourth-order valence-corrected chi connectivity index (χ4v) is 1.26. The molecule has 1 aromatic heterocycles. The van der Waals surface area contributed by atoms with Crippen molar-refractivity contribution in [2.24, 2.45) is 0 Å². The summed E-state index contributed by atoms with van der Waals surface area (Å²) in [6.45, 7) is 1.69.